The molecule has 1 aliphatic rings. The van der Waals surface area contributed by atoms with Crippen LogP contribution in [0, 0.1) is 5.41 Å². The first-order valence-corrected chi connectivity index (χ1v) is 8.99. The minimum Gasteiger partial charge on any atom is -0.350 e. The van der Waals surface area contributed by atoms with E-state index in [-0.39, 0.29) is 16.2 Å². The number of hydrogen-bond donors (Lipinski definition) is 1. The van der Waals surface area contributed by atoms with E-state index < -0.39 is 9.05 Å². The van der Waals surface area contributed by atoms with E-state index in [4.69, 9.17) is 10.7 Å². The lowest BCUT2D eigenvalue weighted by molar-refractivity contribution is 0.0882. The zero-order valence-electron chi connectivity index (χ0n) is 11.6. The van der Waals surface area contributed by atoms with Crippen LogP contribution in [0.25, 0.3) is 0 Å². The van der Waals surface area contributed by atoms with E-state index >= 15 is 0 Å². The fraction of sp³-hybridized carbons (Fsp3) is 0.615. The highest BCUT2D eigenvalue weighted by Gasteiger charge is 2.32. The van der Waals surface area contributed by atoms with E-state index in [9.17, 15) is 13.2 Å². The van der Waals surface area contributed by atoms with Crippen molar-refractivity contribution < 1.29 is 13.2 Å². The summed E-state index contributed by atoms with van der Waals surface area (Å²) >= 11 is 0. The minimum atomic E-state index is -3.81. The highest BCUT2D eigenvalue weighted by molar-refractivity contribution is 8.13. The van der Waals surface area contributed by atoms with Gasteiger partial charge in [0.15, 0.2) is 0 Å². The molecule has 0 atom stereocenters. The molecule has 20 heavy (non-hydrogen) atoms. The van der Waals surface area contributed by atoms with Gasteiger partial charge < -0.3 is 9.88 Å². The van der Waals surface area contributed by atoms with Crippen molar-refractivity contribution >= 4 is 25.6 Å². The molecule has 0 aromatic carbocycles. The van der Waals surface area contributed by atoms with Crippen molar-refractivity contribution in [3.05, 3.63) is 18.0 Å². The predicted octanol–water partition coefficient (Wildman–Crippen LogP) is 2.36. The topological polar surface area (TPSA) is 68.2 Å². The van der Waals surface area contributed by atoms with E-state index in [1.165, 1.54) is 18.7 Å². The minimum absolute atomic E-state index is 0.0407. The zero-order valence-corrected chi connectivity index (χ0v) is 13.2. The Morgan fingerprint density at radius 3 is 2.60 bits per heavy atom. The fourth-order valence-electron chi connectivity index (χ4n) is 2.41. The maximum absolute atomic E-state index is 12.2. The summed E-state index contributed by atoms with van der Waals surface area (Å²) in [6.45, 7) is 5.11. The number of rotatable bonds is 5. The second-order valence-electron chi connectivity index (χ2n) is 5.63. The first kappa shape index (κ1) is 15.4. The van der Waals surface area contributed by atoms with Crippen molar-refractivity contribution in [2.75, 3.05) is 6.54 Å². The van der Waals surface area contributed by atoms with Gasteiger partial charge in [0.1, 0.15) is 10.6 Å². The van der Waals surface area contributed by atoms with Crippen molar-refractivity contribution in [2.45, 2.75) is 44.6 Å². The largest absolute Gasteiger partial charge is 0.350 e. The summed E-state index contributed by atoms with van der Waals surface area (Å²) in [7, 11) is 1.50. The summed E-state index contributed by atoms with van der Waals surface area (Å²) in [5, 5.41) is 2.88. The quantitative estimate of drug-likeness (QED) is 0.847. The number of carbonyl (C=O) groups is 1. The Morgan fingerprint density at radius 1 is 1.50 bits per heavy atom. The van der Waals surface area contributed by atoms with Crippen LogP contribution in [-0.2, 0) is 15.6 Å². The Balaban J connectivity index is 2.14. The molecule has 1 aromatic rings. The van der Waals surface area contributed by atoms with Gasteiger partial charge in [-0.3, -0.25) is 4.79 Å². The molecular formula is C13H19ClN2O3S. The third-order valence-electron chi connectivity index (χ3n) is 3.96. The molecule has 1 fully saturated rings. The van der Waals surface area contributed by atoms with Gasteiger partial charge in [-0.05, 0) is 31.2 Å². The lowest BCUT2D eigenvalue weighted by Gasteiger charge is -2.38. The van der Waals surface area contributed by atoms with Gasteiger partial charge in [0.2, 0.25) is 0 Å². The van der Waals surface area contributed by atoms with Crippen LogP contribution in [0.5, 0.6) is 0 Å². The van der Waals surface area contributed by atoms with Crippen molar-refractivity contribution in [1.82, 2.24) is 9.88 Å². The van der Waals surface area contributed by atoms with Crippen LogP contribution < -0.4 is 5.32 Å². The summed E-state index contributed by atoms with van der Waals surface area (Å²) < 4.78 is 24.3. The second-order valence-corrected chi connectivity index (χ2v) is 8.20. The monoisotopic (exact) mass is 318 g/mol. The van der Waals surface area contributed by atoms with Gasteiger partial charge in [0.05, 0.1) is 0 Å². The SMILES string of the molecule is CCn1cc(S(=O)(=O)Cl)cc1C(=O)NCC1(C)CCC1. The Labute approximate surface area is 123 Å². The first-order chi connectivity index (χ1) is 9.25. The van der Waals surface area contributed by atoms with E-state index in [1.54, 1.807) is 4.57 Å². The van der Waals surface area contributed by atoms with E-state index in [0.717, 1.165) is 12.8 Å². The molecule has 5 nitrogen and oxygen atoms in total. The van der Waals surface area contributed by atoms with Crippen molar-refractivity contribution in [2.24, 2.45) is 5.41 Å². The molecule has 1 saturated carbocycles. The Hall–Kier alpha value is -1.01. The van der Waals surface area contributed by atoms with Gasteiger partial charge in [-0.2, -0.15) is 0 Å². The Kier molecular flexibility index (Phi) is 4.16. The number of aryl methyl sites for hydroxylation is 1. The smallest absolute Gasteiger partial charge is 0.267 e. The standard InChI is InChI=1S/C13H19ClN2O3S/c1-3-16-8-10(20(14,18)19)7-11(16)12(17)15-9-13(2)5-4-6-13/h7-8H,3-6,9H2,1-2H3,(H,15,17). The van der Waals surface area contributed by atoms with Crippen LogP contribution in [0.3, 0.4) is 0 Å². The Bertz CT molecular complexity index is 618. The number of halogens is 1. The number of carbonyl (C=O) groups excluding carboxylic acids is 1. The molecule has 1 aliphatic carbocycles. The molecule has 0 bridgehead atoms. The molecule has 0 saturated heterocycles. The van der Waals surface area contributed by atoms with Crippen LogP contribution in [0.4, 0.5) is 0 Å². The van der Waals surface area contributed by atoms with Gasteiger partial charge >= 0.3 is 0 Å². The number of nitrogens with zero attached hydrogens (tertiary/aromatic N) is 1. The van der Waals surface area contributed by atoms with Gasteiger partial charge in [-0.15, -0.1) is 0 Å². The number of aromatic nitrogens is 1. The maximum atomic E-state index is 12.2. The summed E-state index contributed by atoms with van der Waals surface area (Å²) in [5.74, 6) is -0.258. The van der Waals surface area contributed by atoms with Gasteiger partial charge in [-0.1, -0.05) is 13.3 Å². The van der Waals surface area contributed by atoms with Crippen LogP contribution in [0.15, 0.2) is 17.2 Å². The molecule has 1 aromatic heterocycles. The van der Waals surface area contributed by atoms with Crippen molar-refractivity contribution in [3.8, 4) is 0 Å². The van der Waals surface area contributed by atoms with Gasteiger partial charge in [-0.25, -0.2) is 8.42 Å². The average molecular weight is 319 g/mol. The third-order valence-corrected chi connectivity index (χ3v) is 5.28. The molecule has 1 N–H and O–H groups in total. The molecular weight excluding hydrogens is 300 g/mol. The maximum Gasteiger partial charge on any atom is 0.267 e. The lowest BCUT2D eigenvalue weighted by atomic mass is 9.70. The van der Waals surface area contributed by atoms with Crippen LogP contribution in [-0.4, -0.2) is 25.4 Å². The zero-order chi connectivity index (χ0) is 15.0. The number of hydrogen-bond acceptors (Lipinski definition) is 3. The summed E-state index contributed by atoms with van der Waals surface area (Å²) in [6.07, 6.45) is 4.82. The first-order valence-electron chi connectivity index (χ1n) is 6.68. The van der Waals surface area contributed by atoms with Crippen molar-refractivity contribution in [1.29, 1.82) is 0 Å². The van der Waals surface area contributed by atoms with E-state index in [2.05, 4.69) is 12.2 Å². The van der Waals surface area contributed by atoms with Crippen LogP contribution in [0.1, 0.15) is 43.6 Å². The molecule has 0 aliphatic heterocycles. The molecule has 0 radical (unpaired) electrons. The predicted molar refractivity (Wildman–Crippen MR) is 77.4 cm³/mol. The number of nitrogens with one attached hydrogen (secondary N) is 1. The molecule has 112 valence electrons. The van der Waals surface area contributed by atoms with E-state index in [1.807, 2.05) is 6.92 Å². The van der Waals surface area contributed by atoms with E-state index in [0.29, 0.717) is 18.8 Å². The molecule has 1 heterocycles. The summed E-state index contributed by atoms with van der Waals surface area (Å²) in [4.78, 5) is 12.1. The summed E-state index contributed by atoms with van der Waals surface area (Å²) in [6, 6.07) is 1.32. The second kappa shape index (κ2) is 5.41. The highest BCUT2D eigenvalue weighted by Crippen LogP contribution is 2.39. The third kappa shape index (κ3) is 3.17. The van der Waals surface area contributed by atoms with Crippen molar-refractivity contribution in [3.63, 3.8) is 0 Å². The highest BCUT2D eigenvalue weighted by atomic mass is 35.7. The average Bonchev–Trinajstić information content (AvgIpc) is 2.77. The fourth-order valence-corrected chi connectivity index (χ4v) is 3.17. The lowest BCUT2D eigenvalue weighted by Crippen LogP contribution is -2.40. The molecule has 0 unspecified atom stereocenters. The summed E-state index contributed by atoms with van der Waals surface area (Å²) in [5.41, 5.74) is 0.510. The van der Waals surface area contributed by atoms with Crippen LogP contribution >= 0.6 is 10.7 Å². The van der Waals surface area contributed by atoms with Crippen LogP contribution in [0.2, 0.25) is 0 Å². The van der Waals surface area contributed by atoms with Gasteiger partial charge in [0, 0.05) is 30.0 Å². The molecule has 0 spiro atoms. The molecule has 1 amide bonds. The number of amides is 1. The Morgan fingerprint density at radius 2 is 2.15 bits per heavy atom. The molecule has 2 rings (SSSR count). The van der Waals surface area contributed by atoms with Gasteiger partial charge in [0.25, 0.3) is 15.0 Å². The normalized spacial score (nSPS) is 17.6. The molecule has 7 heteroatoms.